The second-order valence-electron chi connectivity index (χ2n) is 3.92. The van der Waals surface area contributed by atoms with Gasteiger partial charge in [-0.1, -0.05) is 19.4 Å². The van der Waals surface area contributed by atoms with Crippen LogP contribution < -0.4 is 16.4 Å². The van der Waals surface area contributed by atoms with E-state index in [0.29, 0.717) is 24.4 Å². The van der Waals surface area contributed by atoms with Crippen LogP contribution in [0.2, 0.25) is 0 Å². The Kier molecular flexibility index (Phi) is 9.20. The molecule has 7 heteroatoms. The van der Waals surface area contributed by atoms with E-state index in [1.54, 1.807) is 6.07 Å². The van der Waals surface area contributed by atoms with E-state index in [1.807, 2.05) is 18.4 Å². The normalized spacial score (nSPS) is 11.3. The highest BCUT2D eigenvalue weighted by Crippen LogP contribution is 2.07. The third-order valence-corrected chi connectivity index (χ3v) is 3.26. The van der Waals surface area contributed by atoms with Crippen LogP contribution in [0.25, 0.3) is 0 Å². The fourth-order valence-corrected chi connectivity index (χ4v) is 2.07. The van der Waals surface area contributed by atoms with Gasteiger partial charge in [-0.2, -0.15) is 0 Å². The van der Waals surface area contributed by atoms with Gasteiger partial charge in [-0.05, 0) is 17.9 Å². The molecule has 19 heavy (non-hydrogen) atoms. The molecule has 5 nitrogen and oxygen atoms in total. The summed E-state index contributed by atoms with van der Waals surface area (Å²) in [4.78, 5) is 23.7. The smallest absolute Gasteiger partial charge is 0.261 e. The molecule has 1 aromatic rings. The van der Waals surface area contributed by atoms with Crippen molar-refractivity contribution in [3.05, 3.63) is 22.4 Å². The van der Waals surface area contributed by atoms with Crippen molar-refractivity contribution in [2.24, 2.45) is 5.73 Å². The average molecular weight is 306 g/mol. The van der Waals surface area contributed by atoms with E-state index in [1.165, 1.54) is 11.3 Å². The Bertz CT molecular complexity index is 384. The second-order valence-corrected chi connectivity index (χ2v) is 4.87. The van der Waals surface area contributed by atoms with Crippen LogP contribution in [-0.4, -0.2) is 30.9 Å². The Hall–Kier alpha value is -1.11. The van der Waals surface area contributed by atoms with Gasteiger partial charge in [0.25, 0.3) is 5.91 Å². The van der Waals surface area contributed by atoms with Crippen LogP contribution in [-0.2, 0) is 4.79 Å². The summed E-state index contributed by atoms with van der Waals surface area (Å²) in [5.74, 6) is -0.278. The molecule has 108 valence electrons. The summed E-state index contributed by atoms with van der Waals surface area (Å²) in [5.41, 5.74) is 5.65. The van der Waals surface area contributed by atoms with Gasteiger partial charge in [0.15, 0.2) is 0 Å². The molecule has 0 aliphatic rings. The number of carbonyl (C=O) groups is 2. The van der Waals surface area contributed by atoms with Gasteiger partial charge in [-0.25, -0.2) is 0 Å². The quantitative estimate of drug-likeness (QED) is 0.661. The zero-order chi connectivity index (χ0) is 13.4. The number of carbonyl (C=O) groups excluding carboxylic acids is 2. The van der Waals surface area contributed by atoms with E-state index >= 15 is 0 Å². The van der Waals surface area contributed by atoms with E-state index in [2.05, 4.69) is 10.6 Å². The highest BCUT2D eigenvalue weighted by molar-refractivity contribution is 7.12. The molecule has 2 amide bonds. The lowest BCUT2D eigenvalue weighted by Gasteiger charge is -2.11. The summed E-state index contributed by atoms with van der Waals surface area (Å²) in [6.45, 7) is 2.78. The van der Waals surface area contributed by atoms with Crippen molar-refractivity contribution in [3.63, 3.8) is 0 Å². The van der Waals surface area contributed by atoms with Gasteiger partial charge in [0.1, 0.15) is 0 Å². The number of thiophene rings is 1. The fourth-order valence-electron chi connectivity index (χ4n) is 1.43. The molecule has 1 aromatic heterocycles. The zero-order valence-corrected chi connectivity index (χ0v) is 12.5. The number of hydrogen-bond donors (Lipinski definition) is 3. The summed E-state index contributed by atoms with van der Waals surface area (Å²) >= 11 is 1.39. The Morgan fingerprint density at radius 3 is 2.63 bits per heavy atom. The second kappa shape index (κ2) is 9.77. The molecule has 1 heterocycles. The number of nitrogens with one attached hydrogen (secondary N) is 2. The molecular weight excluding hydrogens is 286 g/mol. The summed E-state index contributed by atoms with van der Waals surface area (Å²) in [6.07, 6.45) is 1.55. The van der Waals surface area contributed by atoms with Gasteiger partial charge in [0.05, 0.1) is 10.9 Å². The first-order valence-electron chi connectivity index (χ1n) is 6.00. The van der Waals surface area contributed by atoms with Gasteiger partial charge in [-0.15, -0.1) is 23.7 Å². The minimum atomic E-state index is -0.456. The van der Waals surface area contributed by atoms with Crippen molar-refractivity contribution in [1.29, 1.82) is 0 Å². The zero-order valence-electron chi connectivity index (χ0n) is 10.8. The Balaban J connectivity index is 0.00000324. The highest BCUT2D eigenvalue weighted by Gasteiger charge is 2.11. The molecule has 0 saturated heterocycles. The fraction of sp³-hybridized carbons (Fsp3) is 0.500. The van der Waals surface area contributed by atoms with Gasteiger partial charge in [0.2, 0.25) is 5.91 Å². The minimum absolute atomic E-state index is 0. The van der Waals surface area contributed by atoms with Crippen LogP contribution in [0.3, 0.4) is 0 Å². The largest absolute Gasteiger partial charge is 0.353 e. The molecule has 0 bridgehead atoms. The van der Waals surface area contributed by atoms with Crippen LogP contribution in [0.1, 0.15) is 29.4 Å². The van der Waals surface area contributed by atoms with E-state index in [-0.39, 0.29) is 24.2 Å². The van der Waals surface area contributed by atoms with E-state index in [0.717, 1.165) is 6.42 Å². The van der Waals surface area contributed by atoms with Crippen molar-refractivity contribution in [2.45, 2.75) is 25.8 Å². The lowest BCUT2D eigenvalue weighted by atomic mass is 10.2. The molecule has 0 aliphatic carbocycles. The number of halogens is 1. The van der Waals surface area contributed by atoms with Crippen molar-refractivity contribution in [3.8, 4) is 0 Å². The number of nitrogens with two attached hydrogens (primary N) is 1. The van der Waals surface area contributed by atoms with Gasteiger partial charge < -0.3 is 16.4 Å². The Morgan fingerprint density at radius 1 is 1.37 bits per heavy atom. The first-order chi connectivity index (χ1) is 8.65. The van der Waals surface area contributed by atoms with Gasteiger partial charge >= 0.3 is 0 Å². The molecule has 0 aliphatic heterocycles. The van der Waals surface area contributed by atoms with Crippen molar-refractivity contribution >= 4 is 35.6 Å². The van der Waals surface area contributed by atoms with Crippen LogP contribution in [0, 0.1) is 0 Å². The number of hydrogen-bond acceptors (Lipinski definition) is 4. The topological polar surface area (TPSA) is 84.2 Å². The first kappa shape index (κ1) is 17.9. The van der Waals surface area contributed by atoms with Crippen LogP contribution in [0.5, 0.6) is 0 Å². The molecule has 1 atom stereocenters. The molecule has 0 spiro atoms. The molecule has 1 unspecified atom stereocenters. The summed E-state index contributed by atoms with van der Waals surface area (Å²) < 4.78 is 0. The molecule has 0 aromatic carbocycles. The van der Waals surface area contributed by atoms with E-state index in [4.69, 9.17) is 5.73 Å². The summed E-state index contributed by atoms with van der Waals surface area (Å²) in [5, 5.41) is 7.27. The van der Waals surface area contributed by atoms with E-state index < -0.39 is 6.04 Å². The number of amides is 2. The third kappa shape index (κ3) is 6.56. The van der Waals surface area contributed by atoms with E-state index in [9.17, 15) is 9.59 Å². The third-order valence-electron chi connectivity index (χ3n) is 2.39. The van der Waals surface area contributed by atoms with Crippen molar-refractivity contribution < 1.29 is 9.59 Å². The van der Waals surface area contributed by atoms with Crippen molar-refractivity contribution in [1.82, 2.24) is 10.6 Å². The van der Waals surface area contributed by atoms with Gasteiger partial charge in [-0.3, -0.25) is 9.59 Å². The molecule has 1 rings (SSSR count). The maximum atomic E-state index is 11.5. The molecular formula is C12H20ClN3O2S. The van der Waals surface area contributed by atoms with Gasteiger partial charge in [0, 0.05) is 13.1 Å². The lowest BCUT2D eigenvalue weighted by molar-refractivity contribution is -0.122. The lowest BCUT2D eigenvalue weighted by Crippen LogP contribution is -2.43. The Labute approximate surface area is 123 Å². The number of rotatable bonds is 7. The maximum Gasteiger partial charge on any atom is 0.261 e. The van der Waals surface area contributed by atoms with Crippen molar-refractivity contribution in [2.75, 3.05) is 13.1 Å². The van der Waals surface area contributed by atoms with Crippen LogP contribution >= 0.6 is 23.7 Å². The molecule has 0 radical (unpaired) electrons. The standard InChI is InChI=1S/C12H19N3O2S.ClH/c1-2-4-9(13)11(16)14-6-7-15-12(17)10-5-3-8-18-10;/h3,5,8-9H,2,4,6-7,13H2,1H3,(H,14,16)(H,15,17);1H. The summed E-state index contributed by atoms with van der Waals surface area (Å²) in [6, 6.07) is 3.13. The average Bonchev–Trinajstić information content (AvgIpc) is 2.88. The van der Waals surface area contributed by atoms with Crippen LogP contribution in [0.15, 0.2) is 17.5 Å². The Morgan fingerprint density at radius 2 is 2.05 bits per heavy atom. The van der Waals surface area contributed by atoms with Crippen LogP contribution in [0.4, 0.5) is 0 Å². The monoisotopic (exact) mass is 305 g/mol. The highest BCUT2D eigenvalue weighted by atomic mass is 35.5. The minimum Gasteiger partial charge on any atom is -0.353 e. The predicted molar refractivity (Wildman–Crippen MR) is 79.8 cm³/mol. The molecule has 0 saturated carbocycles. The first-order valence-corrected chi connectivity index (χ1v) is 6.88. The molecule has 4 N–H and O–H groups in total. The summed E-state index contributed by atoms with van der Waals surface area (Å²) in [7, 11) is 0. The SMILES string of the molecule is CCCC(N)C(=O)NCCNC(=O)c1cccs1.Cl. The molecule has 0 fully saturated rings. The maximum absolute atomic E-state index is 11.5. The predicted octanol–water partition coefficient (Wildman–Crippen LogP) is 1.14.